The van der Waals surface area contributed by atoms with Crippen molar-refractivity contribution in [2.45, 2.75) is 12.5 Å². The van der Waals surface area contributed by atoms with E-state index in [9.17, 15) is 0 Å². The predicted molar refractivity (Wildman–Crippen MR) is 63.5 cm³/mol. The highest BCUT2D eigenvalue weighted by Crippen LogP contribution is 2.16. The normalized spacial score (nSPS) is 12.1. The third-order valence-corrected chi connectivity index (χ3v) is 2.46. The fraction of sp³-hybridized carbons (Fsp3) is 0.250. The molecule has 0 amide bonds. The monoisotopic (exact) mass is 230 g/mol. The van der Waals surface area contributed by atoms with E-state index < -0.39 is 0 Å². The van der Waals surface area contributed by atoms with Gasteiger partial charge in [0.15, 0.2) is 0 Å². The van der Waals surface area contributed by atoms with Crippen molar-refractivity contribution in [3.8, 4) is 5.88 Å². The van der Waals surface area contributed by atoms with Crippen LogP contribution in [0.3, 0.4) is 0 Å². The molecule has 1 atom stereocenters. The molecular formula is C12H14N4O. The lowest BCUT2D eigenvalue weighted by molar-refractivity contribution is 0.395. The average Bonchev–Trinajstić information content (AvgIpc) is 2.40. The van der Waals surface area contributed by atoms with Gasteiger partial charge in [-0.25, -0.2) is 9.97 Å². The number of pyridine rings is 1. The summed E-state index contributed by atoms with van der Waals surface area (Å²) in [5, 5.41) is 0. The van der Waals surface area contributed by atoms with Gasteiger partial charge in [0.2, 0.25) is 5.88 Å². The van der Waals surface area contributed by atoms with Crippen molar-refractivity contribution >= 4 is 0 Å². The van der Waals surface area contributed by atoms with Gasteiger partial charge in [-0.2, -0.15) is 0 Å². The number of hydrogen-bond donors (Lipinski definition) is 1. The second-order valence-electron chi connectivity index (χ2n) is 3.65. The molecule has 0 aliphatic heterocycles. The highest BCUT2D eigenvalue weighted by molar-refractivity contribution is 5.19. The zero-order valence-electron chi connectivity index (χ0n) is 9.58. The van der Waals surface area contributed by atoms with Crippen LogP contribution in [0.2, 0.25) is 0 Å². The van der Waals surface area contributed by atoms with E-state index in [4.69, 9.17) is 10.5 Å². The van der Waals surface area contributed by atoms with Crippen molar-refractivity contribution in [3.05, 3.63) is 48.2 Å². The van der Waals surface area contributed by atoms with Crippen molar-refractivity contribution < 1.29 is 4.74 Å². The largest absolute Gasteiger partial charge is 0.481 e. The Labute approximate surface area is 99.7 Å². The van der Waals surface area contributed by atoms with E-state index in [1.165, 1.54) is 6.33 Å². The minimum atomic E-state index is -0.172. The van der Waals surface area contributed by atoms with Crippen LogP contribution < -0.4 is 10.5 Å². The van der Waals surface area contributed by atoms with Crippen molar-refractivity contribution in [3.63, 3.8) is 0 Å². The molecule has 88 valence electrons. The molecule has 5 nitrogen and oxygen atoms in total. The fourth-order valence-electron chi connectivity index (χ4n) is 1.55. The Morgan fingerprint density at radius 2 is 2.06 bits per heavy atom. The van der Waals surface area contributed by atoms with Crippen LogP contribution >= 0.6 is 0 Å². The van der Waals surface area contributed by atoms with Crippen LogP contribution in [0.25, 0.3) is 0 Å². The van der Waals surface area contributed by atoms with E-state index in [2.05, 4.69) is 15.0 Å². The topological polar surface area (TPSA) is 73.9 Å². The Bertz CT molecular complexity index is 475. The van der Waals surface area contributed by atoms with Gasteiger partial charge in [0.25, 0.3) is 0 Å². The van der Waals surface area contributed by atoms with Gasteiger partial charge in [-0.1, -0.05) is 0 Å². The summed E-state index contributed by atoms with van der Waals surface area (Å²) >= 11 is 0. The van der Waals surface area contributed by atoms with Crippen LogP contribution in [-0.4, -0.2) is 22.1 Å². The molecule has 2 heterocycles. The van der Waals surface area contributed by atoms with Crippen molar-refractivity contribution in [1.82, 2.24) is 15.0 Å². The van der Waals surface area contributed by atoms with Gasteiger partial charge < -0.3 is 10.5 Å². The van der Waals surface area contributed by atoms with Crippen LogP contribution in [0.15, 0.2) is 36.9 Å². The lowest BCUT2D eigenvalue weighted by Crippen LogP contribution is -2.15. The quantitative estimate of drug-likeness (QED) is 0.852. The zero-order chi connectivity index (χ0) is 12.1. The number of ether oxygens (including phenoxy) is 1. The maximum Gasteiger partial charge on any atom is 0.216 e. The first kappa shape index (κ1) is 11.5. The number of nitrogens with two attached hydrogens (primary N) is 1. The summed E-state index contributed by atoms with van der Waals surface area (Å²) < 4.78 is 5.04. The van der Waals surface area contributed by atoms with Crippen molar-refractivity contribution in [2.24, 2.45) is 5.73 Å². The third kappa shape index (κ3) is 2.98. The molecule has 0 fully saturated rings. The molecule has 17 heavy (non-hydrogen) atoms. The summed E-state index contributed by atoms with van der Waals surface area (Å²) in [6.07, 6.45) is 5.68. The molecule has 0 saturated carbocycles. The van der Waals surface area contributed by atoms with Crippen LogP contribution in [0.1, 0.15) is 17.3 Å². The van der Waals surface area contributed by atoms with E-state index in [0.29, 0.717) is 12.3 Å². The summed E-state index contributed by atoms with van der Waals surface area (Å²) in [6, 6.07) is 5.47. The Balaban J connectivity index is 2.11. The van der Waals surface area contributed by atoms with Crippen molar-refractivity contribution in [1.29, 1.82) is 0 Å². The third-order valence-electron chi connectivity index (χ3n) is 2.46. The van der Waals surface area contributed by atoms with E-state index in [-0.39, 0.29) is 6.04 Å². The highest BCUT2D eigenvalue weighted by Gasteiger charge is 2.09. The number of methoxy groups -OCH3 is 1. The Morgan fingerprint density at radius 1 is 1.29 bits per heavy atom. The Morgan fingerprint density at radius 3 is 2.76 bits per heavy atom. The molecule has 0 aliphatic carbocycles. The predicted octanol–water partition coefficient (Wildman–Crippen LogP) is 1.12. The molecule has 2 aromatic heterocycles. The summed E-state index contributed by atoms with van der Waals surface area (Å²) in [5.41, 5.74) is 7.99. The standard InChI is InChI=1S/C12H14N4O/c1-17-12-7-11(15-8-16-12)10(13)6-9-2-4-14-5-3-9/h2-5,7-8,10H,6,13H2,1H3. The first-order valence-electron chi connectivity index (χ1n) is 5.30. The van der Waals surface area contributed by atoms with Crippen LogP contribution in [0.4, 0.5) is 0 Å². The van der Waals surface area contributed by atoms with Gasteiger partial charge in [0, 0.05) is 18.5 Å². The second-order valence-corrected chi connectivity index (χ2v) is 3.65. The maximum atomic E-state index is 6.08. The summed E-state index contributed by atoms with van der Waals surface area (Å²) in [6.45, 7) is 0. The van der Waals surface area contributed by atoms with E-state index >= 15 is 0 Å². The first-order valence-corrected chi connectivity index (χ1v) is 5.30. The summed E-state index contributed by atoms with van der Waals surface area (Å²) in [7, 11) is 1.57. The number of aromatic nitrogens is 3. The average molecular weight is 230 g/mol. The van der Waals surface area contributed by atoms with Crippen molar-refractivity contribution in [2.75, 3.05) is 7.11 Å². The molecular weight excluding hydrogens is 216 g/mol. The summed E-state index contributed by atoms with van der Waals surface area (Å²) in [5.74, 6) is 0.528. The SMILES string of the molecule is COc1cc(C(N)Cc2ccncc2)ncn1. The lowest BCUT2D eigenvalue weighted by Gasteiger charge is -2.11. The fourth-order valence-corrected chi connectivity index (χ4v) is 1.55. The molecule has 2 rings (SSSR count). The number of rotatable bonds is 4. The van der Waals surface area contributed by atoms with Gasteiger partial charge in [0.05, 0.1) is 18.8 Å². The van der Waals surface area contributed by atoms with Crippen LogP contribution in [-0.2, 0) is 6.42 Å². The molecule has 1 unspecified atom stereocenters. The molecule has 5 heteroatoms. The molecule has 0 spiro atoms. The molecule has 0 aromatic carbocycles. The molecule has 0 aliphatic rings. The Hall–Kier alpha value is -2.01. The molecule has 2 aromatic rings. The highest BCUT2D eigenvalue weighted by atomic mass is 16.5. The molecule has 0 radical (unpaired) electrons. The first-order chi connectivity index (χ1) is 8.29. The van der Waals surface area contributed by atoms with Gasteiger partial charge in [-0.3, -0.25) is 4.98 Å². The number of hydrogen-bond acceptors (Lipinski definition) is 5. The van der Waals surface area contributed by atoms with Gasteiger partial charge in [-0.05, 0) is 24.1 Å². The van der Waals surface area contributed by atoms with E-state index in [0.717, 1.165) is 11.3 Å². The van der Waals surface area contributed by atoms with Crippen LogP contribution in [0, 0.1) is 0 Å². The molecule has 0 saturated heterocycles. The molecule has 2 N–H and O–H groups in total. The smallest absolute Gasteiger partial charge is 0.216 e. The maximum absolute atomic E-state index is 6.08. The zero-order valence-corrected chi connectivity index (χ0v) is 9.58. The van der Waals surface area contributed by atoms with E-state index in [1.807, 2.05) is 12.1 Å². The van der Waals surface area contributed by atoms with Gasteiger partial charge >= 0.3 is 0 Å². The number of nitrogens with zero attached hydrogens (tertiary/aromatic N) is 3. The van der Waals surface area contributed by atoms with Gasteiger partial charge in [0.1, 0.15) is 6.33 Å². The Kier molecular flexibility index (Phi) is 3.62. The lowest BCUT2D eigenvalue weighted by atomic mass is 10.1. The van der Waals surface area contributed by atoms with Crippen LogP contribution in [0.5, 0.6) is 5.88 Å². The molecule has 0 bridgehead atoms. The van der Waals surface area contributed by atoms with E-state index in [1.54, 1.807) is 25.6 Å². The minimum absolute atomic E-state index is 0.172. The summed E-state index contributed by atoms with van der Waals surface area (Å²) in [4.78, 5) is 12.1. The minimum Gasteiger partial charge on any atom is -0.481 e. The second kappa shape index (κ2) is 5.36. The van der Waals surface area contributed by atoms with Gasteiger partial charge in [-0.15, -0.1) is 0 Å².